The molecule has 3 N–H and O–H groups in total. The van der Waals surface area contributed by atoms with Crippen LogP contribution in [0.15, 0.2) is 18.2 Å². The molecule has 10 heteroatoms. The van der Waals surface area contributed by atoms with E-state index in [9.17, 15) is 18.0 Å². The quantitative estimate of drug-likeness (QED) is 0.396. The molecule has 0 unspecified atom stereocenters. The van der Waals surface area contributed by atoms with Gasteiger partial charge in [-0.3, -0.25) is 4.90 Å². The first kappa shape index (κ1) is 21.8. The summed E-state index contributed by atoms with van der Waals surface area (Å²) < 4.78 is 39.2. The number of benzene rings is 1. The molecule has 1 saturated carbocycles. The highest BCUT2D eigenvalue weighted by Gasteiger charge is 2.33. The van der Waals surface area contributed by atoms with Crippen LogP contribution in [0, 0.1) is 5.92 Å². The fraction of sp³-hybridized carbons (Fsp3) is 0.476. The summed E-state index contributed by atoms with van der Waals surface area (Å²) in [6.45, 7) is 1.40. The van der Waals surface area contributed by atoms with E-state index >= 15 is 0 Å². The van der Waals surface area contributed by atoms with Crippen LogP contribution >= 0.6 is 11.6 Å². The van der Waals surface area contributed by atoms with Gasteiger partial charge < -0.3 is 15.8 Å². The number of nitrogens with zero attached hydrogens (tertiary/aromatic N) is 3. The first-order valence-corrected chi connectivity index (χ1v) is 10.6. The van der Waals surface area contributed by atoms with E-state index in [1.54, 1.807) is 0 Å². The molecule has 0 spiro atoms. The number of nitrogens with two attached hydrogens (primary N) is 1. The van der Waals surface area contributed by atoms with E-state index in [4.69, 9.17) is 17.3 Å². The lowest BCUT2D eigenvalue weighted by Crippen LogP contribution is -2.34. The van der Waals surface area contributed by atoms with Gasteiger partial charge >= 0.3 is 6.18 Å². The second kappa shape index (κ2) is 8.63. The van der Waals surface area contributed by atoms with E-state index in [0.29, 0.717) is 30.5 Å². The molecule has 2 aromatic rings. The SMILES string of the molecule is Nc1cc(CNc2nc(Cl)nc3c2CN(C2CCC(C=O)CC2)C3)cc(C(F)(F)F)c1. The van der Waals surface area contributed by atoms with E-state index < -0.39 is 11.7 Å². The van der Waals surface area contributed by atoms with Crippen LogP contribution in [0.3, 0.4) is 0 Å². The van der Waals surface area contributed by atoms with E-state index in [1.165, 1.54) is 6.07 Å². The number of carbonyl (C=O) groups is 1. The summed E-state index contributed by atoms with van der Waals surface area (Å²) in [4.78, 5) is 21.9. The fourth-order valence-corrected chi connectivity index (χ4v) is 4.61. The maximum Gasteiger partial charge on any atom is 0.416 e. The van der Waals surface area contributed by atoms with Crippen molar-refractivity contribution in [1.29, 1.82) is 0 Å². The number of nitrogens with one attached hydrogen (secondary N) is 1. The molecule has 1 aliphatic carbocycles. The highest BCUT2D eigenvalue weighted by atomic mass is 35.5. The first-order chi connectivity index (χ1) is 14.7. The predicted molar refractivity (Wildman–Crippen MR) is 111 cm³/mol. The number of carbonyl (C=O) groups excluding carboxylic acids is 1. The molecule has 2 heterocycles. The van der Waals surface area contributed by atoms with Crippen molar-refractivity contribution in [2.75, 3.05) is 11.1 Å². The number of fused-ring (bicyclic) bond motifs is 1. The largest absolute Gasteiger partial charge is 0.416 e. The van der Waals surface area contributed by atoms with Crippen molar-refractivity contribution < 1.29 is 18.0 Å². The monoisotopic (exact) mass is 453 g/mol. The van der Waals surface area contributed by atoms with Crippen molar-refractivity contribution in [3.63, 3.8) is 0 Å². The van der Waals surface area contributed by atoms with Gasteiger partial charge in [0, 0.05) is 42.8 Å². The zero-order valence-electron chi connectivity index (χ0n) is 16.8. The molecule has 31 heavy (non-hydrogen) atoms. The minimum Gasteiger partial charge on any atom is -0.399 e. The Morgan fingerprint density at radius 2 is 1.90 bits per heavy atom. The Hall–Kier alpha value is -2.39. The van der Waals surface area contributed by atoms with Crippen LogP contribution in [0.1, 0.15) is 48.1 Å². The molecule has 1 aromatic heterocycles. The average molecular weight is 454 g/mol. The highest BCUT2D eigenvalue weighted by Crippen LogP contribution is 2.35. The molecule has 2 aliphatic rings. The van der Waals surface area contributed by atoms with Crippen molar-refractivity contribution in [2.45, 2.75) is 57.5 Å². The van der Waals surface area contributed by atoms with Crippen LogP contribution in [-0.2, 0) is 30.6 Å². The molecule has 6 nitrogen and oxygen atoms in total. The van der Waals surface area contributed by atoms with Gasteiger partial charge in [-0.15, -0.1) is 0 Å². The molecular formula is C21H23ClF3N5O. The molecule has 0 bridgehead atoms. The number of alkyl halides is 3. The first-order valence-electron chi connectivity index (χ1n) is 10.2. The zero-order chi connectivity index (χ0) is 22.2. The standard InChI is InChI=1S/C21H23ClF3N5O/c22-20-28-18-10-30(16-3-1-12(11-31)2-4-16)9-17(18)19(29-20)27-8-13-5-14(21(23,24)25)7-15(26)6-13/h5-7,11-12,16H,1-4,8-10,26H2,(H,27,28,29). The predicted octanol–water partition coefficient (Wildman–Crippen LogP) is 4.42. The van der Waals surface area contributed by atoms with E-state index in [1.807, 2.05) is 0 Å². The third-order valence-electron chi connectivity index (χ3n) is 6.03. The second-order valence-corrected chi connectivity index (χ2v) is 8.53. The number of hydrogen-bond donors (Lipinski definition) is 2. The lowest BCUT2D eigenvalue weighted by atomic mass is 9.86. The molecule has 1 fully saturated rings. The Morgan fingerprint density at radius 1 is 1.16 bits per heavy atom. The minimum atomic E-state index is -4.47. The van der Waals surface area contributed by atoms with Crippen LogP contribution in [0.5, 0.6) is 0 Å². The van der Waals surface area contributed by atoms with Gasteiger partial charge in [0.2, 0.25) is 5.28 Å². The molecule has 0 radical (unpaired) electrons. The summed E-state index contributed by atoms with van der Waals surface area (Å²) in [6.07, 6.45) is 0.246. The highest BCUT2D eigenvalue weighted by molar-refractivity contribution is 6.28. The normalized spacial score (nSPS) is 21.7. The lowest BCUT2D eigenvalue weighted by molar-refractivity contribution is -0.137. The average Bonchev–Trinajstić information content (AvgIpc) is 3.15. The van der Waals surface area contributed by atoms with Crippen molar-refractivity contribution in [3.05, 3.63) is 45.9 Å². The van der Waals surface area contributed by atoms with Crippen molar-refractivity contribution in [1.82, 2.24) is 14.9 Å². The Labute approximate surface area is 183 Å². The van der Waals surface area contributed by atoms with Gasteiger partial charge in [-0.25, -0.2) is 9.97 Å². The summed E-state index contributed by atoms with van der Waals surface area (Å²) in [6, 6.07) is 3.85. The van der Waals surface area contributed by atoms with Crippen molar-refractivity contribution >= 4 is 29.4 Å². The molecule has 1 aromatic carbocycles. The third kappa shape index (κ3) is 4.93. The van der Waals surface area contributed by atoms with Gasteiger partial charge in [-0.1, -0.05) is 0 Å². The number of anilines is 2. The van der Waals surface area contributed by atoms with Gasteiger partial charge in [0.05, 0.1) is 11.3 Å². The van der Waals surface area contributed by atoms with E-state index in [0.717, 1.165) is 55.4 Å². The second-order valence-electron chi connectivity index (χ2n) is 8.19. The summed E-state index contributed by atoms with van der Waals surface area (Å²) >= 11 is 6.10. The maximum atomic E-state index is 13.1. The summed E-state index contributed by atoms with van der Waals surface area (Å²) in [5, 5.41) is 3.21. The van der Waals surface area contributed by atoms with Gasteiger partial charge in [-0.05, 0) is 61.0 Å². The van der Waals surface area contributed by atoms with Gasteiger partial charge in [0.1, 0.15) is 12.1 Å². The molecule has 4 rings (SSSR count). The molecule has 0 amide bonds. The third-order valence-corrected chi connectivity index (χ3v) is 6.20. The smallest absolute Gasteiger partial charge is 0.399 e. The number of nitrogen functional groups attached to an aromatic ring is 1. The molecule has 0 atom stereocenters. The Bertz CT molecular complexity index is 976. The lowest BCUT2D eigenvalue weighted by Gasteiger charge is -2.32. The topological polar surface area (TPSA) is 84.1 Å². The Morgan fingerprint density at radius 3 is 2.58 bits per heavy atom. The zero-order valence-corrected chi connectivity index (χ0v) is 17.5. The molecule has 1 aliphatic heterocycles. The summed E-state index contributed by atoms with van der Waals surface area (Å²) in [7, 11) is 0. The number of aromatic nitrogens is 2. The number of hydrogen-bond acceptors (Lipinski definition) is 6. The van der Waals surface area contributed by atoms with Crippen LogP contribution in [-0.4, -0.2) is 27.2 Å². The van der Waals surface area contributed by atoms with Gasteiger partial charge in [-0.2, -0.15) is 13.2 Å². The molecule has 166 valence electrons. The van der Waals surface area contributed by atoms with Crippen molar-refractivity contribution in [2.24, 2.45) is 5.92 Å². The fourth-order valence-electron chi connectivity index (χ4n) is 4.43. The molecule has 0 saturated heterocycles. The Kier molecular flexibility index (Phi) is 6.07. The van der Waals surface area contributed by atoms with E-state index in [2.05, 4.69) is 20.2 Å². The minimum absolute atomic E-state index is 0.0506. The van der Waals surface area contributed by atoms with Crippen LogP contribution < -0.4 is 11.1 Å². The van der Waals surface area contributed by atoms with Crippen LogP contribution in [0.4, 0.5) is 24.7 Å². The number of rotatable bonds is 5. The summed E-state index contributed by atoms with van der Waals surface area (Å²) in [5.74, 6) is 0.669. The van der Waals surface area contributed by atoms with Gasteiger partial charge in [0.25, 0.3) is 0 Å². The van der Waals surface area contributed by atoms with Crippen LogP contribution in [0.25, 0.3) is 0 Å². The number of halogens is 4. The number of aldehydes is 1. The molecular weight excluding hydrogens is 431 g/mol. The Balaban J connectivity index is 1.49. The van der Waals surface area contributed by atoms with E-state index in [-0.39, 0.29) is 23.4 Å². The van der Waals surface area contributed by atoms with Gasteiger partial charge in [0.15, 0.2) is 0 Å². The maximum absolute atomic E-state index is 13.1. The summed E-state index contributed by atoms with van der Waals surface area (Å²) in [5.41, 5.74) is 7.05. The van der Waals surface area contributed by atoms with Crippen molar-refractivity contribution in [3.8, 4) is 0 Å². The van der Waals surface area contributed by atoms with Crippen LogP contribution in [0.2, 0.25) is 5.28 Å².